The first kappa shape index (κ1) is 34.3. The lowest BCUT2D eigenvalue weighted by atomic mass is 9.77. The Balaban J connectivity index is 1.23. The van der Waals surface area contributed by atoms with E-state index in [-0.39, 0.29) is 15.8 Å². The summed E-state index contributed by atoms with van der Waals surface area (Å²) in [4.78, 5) is 40.4. The van der Waals surface area contributed by atoms with Crippen LogP contribution in [0.5, 0.6) is 0 Å². The first-order valence-electron chi connectivity index (χ1n) is 14.9. The van der Waals surface area contributed by atoms with Crippen molar-refractivity contribution in [2.75, 3.05) is 11.4 Å². The number of hydrogen-bond donors (Lipinski definition) is 0. The number of allylic oxidation sites excluding steroid dienone is 1. The Bertz CT molecular complexity index is 2090. The zero-order valence-corrected chi connectivity index (χ0v) is 28.0. The molecule has 0 N–H and O–H groups in total. The van der Waals surface area contributed by atoms with Crippen LogP contribution in [-0.4, -0.2) is 52.1 Å². The first-order valence-corrected chi connectivity index (χ1v) is 16.4. The fraction of sp³-hybridized carbons (Fsp3) is 0.250. The molecule has 0 spiro atoms. The van der Waals surface area contributed by atoms with Gasteiger partial charge in [-0.15, -0.1) is 0 Å². The Morgan fingerprint density at radius 2 is 1.48 bits per heavy atom. The van der Waals surface area contributed by atoms with Gasteiger partial charge in [-0.05, 0) is 66.3 Å². The summed E-state index contributed by atoms with van der Waals surface area (Å²) >= 11 is 25.3. The molecule has 9 nitrogen and oxygen atoms in total. The van der Waals surface area contributed by atoms with Gasteiger partial charge in [0.05, 0.1) is 11.8 Å². The Morgan fingerprint density at radius 3 is 2.14 bits per heavy atom. The van der Waals surface area contributed by atoms with Gasteiger partial charge in [0.2, 0.25) is 5.82 Å². The van der Waals surface area contributed by atoms with Crippen LogP contribution in [0, 0.1) is 35.0 Å². The molecule has 7 rings (SSSR count). The van der Waals surface area contributed by atoms with E-state index >= 15 is 0 Å². The fourth-order valence-corrected chi connectivity index (χ4v) is 7.62. The van der Waals surface area contributed by atoms with E-state index in [0.717, 1.165) is 17.0 Å². The number of imide groups is 1. The molecule has 3 aromatic carbocycles. The summed E-state index contributed by atoms with van der Waals surface area (Å²) in [5.41, 5.74) is 0.819. The van der Waals surface area contributed by atoms with Crippen LogP contribution in [0.4, 0.5) is 27.6 Å². The molecule has 18 heteroatoms. The summed E-state index contributed by atoms with van der Waals surface area (Å²) < 4.78 is 71.0. The minimum Gasteiger partial charge on any atom is -0.271 e. The molecular formula is C32H19Cl4F5N6O3. The number of fused-ring (bicyclic) bond motifs is 2. The SMILES string of the molecule is O=C1[C@H]2N=NN(CC(=O)N3N=C4/C(=C/c5ccc(Cl)cc5Cl)CCC[C@H]4[C@H]3c3ccc(Cl)cc3Cl)[C@H]2C(=O)N1c1c(F)c(F)c(F)c(F)c1F. The molecule has 0 radical (unpaired) electrons. The fourth-order valence-electron chi connectivity index (χ4n) is 6.64. The second-order valence-corrected chi connectivity index (χ2v) is 13.5. The highest BCUT2D eigenvalue weighted by Crippen LogP contribution is 2.47. The maximum absolute atomic E-state index is 14.7. The molecule has 0 unspecified atom stereocenters. The molecule has 3 heterocycles. The Morgan fingerprint density at radius 1 is 0.840 bits per heavy atom. The molecule has 4 aliphatic rings. The number of hydrogen-bond acceptors (Lipinski definition) is 7. The molecular weight excluding hydrogens is 753 g/mol. The van der Waals surface area contributed by atoms with Crippen LogP contribution < -0.4 is 4.90 Å². The second kappa shape index (κ2) is 12.9. The largest absolute Gasteiger partial charge is 0.271 e. The lowest BCUT2D eigenvalue weighted by Crippen LogP contribution is -2.45. The zero-order valence-electron chi connectivity index (χ0n) is 25.0. The van der Waals surface area contributed by atoms with Gasteiger partial charge in [0.25, 0.3) is 17.7 Å². The van der Waals surface area contributed by atoms with Crippen molar-refractivity contribution in [3.05, 3.63) is 102 Å². The number of carbonyl (C=O) groups excluding carboxylic acids is 3. The average Bonchev–Trinajstić information content (AvgIpc) is 3.74. The number of anilines is 1. The van der Waals surface area contributed by atoms with Crippen molar-refractivity contribution in [1.29, 1.82) is 0 Å². The molecule has 3 aromatic rings. The van der Waals surface area contributed by atoms with Gasteiger partial charge in [-0.25, -0.2) is 31.9 Å². The maximum atomic E-state index is 14.7. The third kappa shape index (κ3) is 5.52. The number of hydrazone groups is 1. The smallest absolute Gasteiger partial charge is 0.264 e. The number of benzene rings is 3. The topological polar surface area (TPSA) is 98.0 Å². The second-order valence-electron chi connectivity index (χ2n) is 11.8. The summed E-state index contributed by atoms with van der Waals surface area (Å²) in [7, 11) is 0. The van der Waals surface area contributed by atoms with Gasteiger partial charge in [0.15, 0.2) is 35.4 Å². The van der Waals surface area contributed by atoms with Crippen LogP contribution in [0.1, 0.15) is 36.4 Å². The van der Waals surface area contributed by atoms with Crippen LogP contribution in [0.2, 0.25) is 20.1 Å². The summed E-state index contributed by atoms with van der Waals surface area (Å²) in [6, 6.07) is 5.60. The first-order chi connectivity index (χ1) is 23.8. The highest BCUT2D eigenvalue weighted by Gasteiger charge is 2.57. The van der Waals surface area contributed by atoms with E-state index in [1.165, 1.54) is 11.1 Å². The van der Waals surface area contributed by atoms with Crippen molar-refractivity contribution in [1.82, 2.24) is 10.0 Å². The highest BCUT2D eigenvalue weighted by molar-refractivity contribution is 6.36. The van der Waals surface area contributed by atoms with Gasteiger partial charge < -0.3 is 0 Å². The van der Waals surface area contributed by atoms with Gasteiger partial charge in [-0.3, -0.25) is 19.4 Å². The van der Waals surface area contributed by atoms with Gasteiger partial charge >= 0.3 is 0 Å². The van der Waals surface area contributed by atoms with Crippen LogP contribution in [-0.2, 0) is 14.4 Å². The third-order valence-electron chi connectivity index (χ3n) is 8.90. The quantitative estimate of drug-likeness (QED) is 0.113. The molecule has 0 aromatic heterocycles. The van der Waals surface area contributed by atoms with Crippen molar-refractivity contribution in [3.63, 3.8) is 0 Å². The Labute approximate surface area is 299 Å². The summed E-state index contributed by atoms with van der Waals surface area (Å²) in [6.07, 6.45) is 3.79. The standard InChI is InChI=1S/C32H19Cl4F5N6O3/c33-14-5-4-12(18(35)9-14)8-13-2-1-3-17-26(13)43-47(28(17)16-7-6-15(34)10-19(16)36)20(48)11-45-30-27(42-44-45)31(49)46(32(30)50)29-24(40)22(38)21(37)23(39)25(29)41/h4-10,17,27-28,30H,1-3,11H2/b13-8+/t17-,27+,28-,30-/m1/s1. The number of rotatable bonds is 5. The van der Waals surface area contributed by atoms with Crippen molar-refractivity contribution in [2.45, 2.75) is 37.4 Å². The number of nitrogens with zero attached hydrogens (tertiary/aromatic N) is 6. The van der Waals surface area contributed by atoms with E-state index in [2.05, 4.69) is 10.3 Å². The van der Waals surface area contributed by atoms with Crippen molar-refractivity contribution < 1.29 is 36.3 Å². The predicted molar refractivity (Wildman–Crippen MR) is 173 cm³/mol. The predicted octanol–water partition coefficient (Wildman–Crippen LogP) is 8.11. The number of amides is 3. The van der Waals surface area contributed by atoms with Crippen molar-refractivity contribution in [2.24, 2.45) is 21.4 Å². The van der Waals surface area contributed by atoms with Crippen LogP contribution in [0.15, 0.2) is 57.4 Å². The van der Waals surface area contributed by atoms with Gasteiger partial charge in [-0.2, -0.15) is 10.2 Å². The molecule has 1 aliphatic carbocycles. The van der Waals surface area contributed by atoms with Gasteiger partial charge in [0, 0.05) is 26.0 Å². The summed E-state index contributed by atoms with van der Waals surface area (Å²) in [5.74, 6) is -15.8. The molecule has 50 heavy (non-hydrogen) atoms. The van der Waals surface area contributed by atoms with E-state index < -0.39 is 77.2 Å². The number of carbonyl (C=O) groups is 3. The molecule has 2 fully saturated rings. The molecule has 3 aliphatic heterocycles. The van der Waals surface area contributed by atoms with E-state index in [4.69, 9.17) is 51.5 Å². The van der Waals surface area contributed by atoms with Crippen LogP contribution in [0.3, 0.4) is 0 Å². The summed E-state index contributed by atoms with van der Waals surface area (Å²) in [5, 5.41) is 15.6. The number of halogens is 9. The van der Waals surface area contributed by atoms with Crippen LogP contribution in [0.25, 0.3) is 6.08 Å². The zero-order chi connectivity index (χ0) is 35.8. The van der Waals surface area contributed by atoms with Crippen LogP contribution >= 0.6 is 46.4 Å². The van der Waals surface area contributed by atoms with E-state index in [0.29, 0.717) is 44.7 Å². The Kier molecular flexibility index (Phi) is 8.86. The van der Waals surface area contributed by atoms with E-state index in [9.17, 15) is 36.3 Å². The maximum Gasteiger partial charge on any atom is 0.264 e. The van der Waals surface area contributed by atoms with Gasteiger partial charge in [0.1, 0.15) is 12.2 Å². The minimum atomic E-state index is -2.47. The Hall–Kier alpha value is -4.11. The van der Waals surface area contributed by atoms with Gasteiger partial charge in [-0.1, -0.05) is 63.8 Å². The molecule has 0 bridgehead atoms. The molecule has 1 saturated heterocycles. The lowest BCUT2D eigenvalue weighted by molar-refractivity contribution is -0.136. The molecule has 4 atom stereocenters. The van der Waals surface area contributed by atoms with E-state index in [1.807, 2.05) is 6.08 Å². The lowest BCUT2D eigenvalue weighted by Gasteiger charge is -2.31. The molecule has 258 valence electrons. The minimum absolute atomic E-state index is 0.166. The van der Waals surface area contributed by atoms with E-state index in [1.54, 1.807) is 30.3 Å². The summed E-state index contributed by atoms with van der Waals surface area (Å²) in [6.45, 7) is -0.720. The average molecular weight is 772 g/mol. The molecule has 1 saturated carbocycles. The van der Waals surface area contributed by atoms with Crippen molar-refractivity contribution in [3.8, 4) is 0 Å². The third-order valence-corrected chi connectivity index (χ3v) is 10.0. The molecule has 3 amide bonds. The normalized spacial score (nSPS) is 23.7. The monoisotopic (exact) mass is 770 g/mol. The van der Waals surface area contributed by atoms with Crippen molar-refractivity contribution >= 4 is 81.6 Å². The highest BCUT2D eigenvalue weighted by atomic mass is 35.5.